The number of ether oxygens (including phenoxy) is 2. The van der Waals surface area contributed by atoms with E-state index in [0.717, 1.165) is 6.42 Å². The lowest BCUT2D eigenvalue weighted by Gasteiger charge is -2.11. The number of hydrogen-bond acceptors (Lipinski definition) is 4. The first-order valence-corrected chi connectivity index (χ1v) is 10.6. The summed E-state index contributed by atoms with van der Waals surface area (Å²) in [7, 11) is -3.69. The van der Waals surface area contributed by atoms with Crippen LogP contribution < -0.4 is 14.2 Å². The van der Waals surface area contributed by atoms with E-state index < -0.39 is 10.0 Å². The SMILES string of the molecule is CCOc1ccc(S(=O)(=O)Nc2cccc(OCCc3ccccc3)c2)cc1. The van der Waals surface area contributed by atoms with Crippen molar-refractivity contribution in [2.24, 2.45) is 0 Å². The van der Waals surface area contributed by atoms with Gasteiger partial charge >= 0.3 is 0 Å². The molecule has 28 heavy (non-hydrogen) atoms. The minimum atomic E-state index is -3.69. The summed E-state index contributed by atoms with van der Waals surface area (Å²) in [6.07, 6.45) is 0.781. The van der Waals surface area contributed by atoms with Crippen LogP contribution in [0.15, 0.2) is 83.8 Å². The monoisotopic (exact) mass is 397 g/mol. The molecule has 146 valence electrons. The van der Waals surface area contributed by atoms with Crippen LogP contribution in [0.3, 0.4) is 0 Å². The molecule has 3 rings (SSSR count). The van der Waals surface area contributed by atoms with Gasteiger partial charge in [0.1, 0.15) is 11.5 Å². The van der Waals surface area contributed by atoms with E-state index in [9.17, 15) is 8.42 Å². The van der Waals surface area contributed by atoms with Crippen molar-refractivity contribution in [1.29, 1.82) is 0 Å². The van der Waals surface area contributed by atoms with Crippen LogP contribution in [0.2, 0.25) is 0 Å². The first-order valence-electron chi connectivity index (χ1n) is 9.09. The van der Waals surface area contributed by atoms with Crippen molar-refractivity contribution in [1.82, 2.24) is 0 Å². The molecule has 0 radical (unpaired) electrons. The smallest absolute Gasteiger partial charge is 0.261 e. The van der Waals surface area contributed by atoms with Crippen LogP contribution in [0.4, 0.5) is 5.69 Å². The lowest BCUT2D eigenvalue weighted by atomic mass is 10.2. The summed E-state index contributed by atoms with van der Waals surface area (Å²) in [6.45, 7) is 2.92. The van der Waals surface area contributed by atoms with E-state index in [1.807, 2.05) is 37.3 Å². The molecular weight excluding hydrogens is 374 g/mol. The van der Waals surface area contributed by atoms with Crippen LogP contribution in [-0.4, -0.2) is 21.6 Å². The topological polar surface area (TPSA) is 64.6 Å². The van der Waals surface area contributed by atoms with E-state index in [1.165, 1.54) is 17.7 Å². The molecule has 6 heteroatoms. The van der Waals surface area contributed by atoms with Crippen LogP contribution in [0.25, 0.3) is 0 Å². The third-order valence-electron chi connectivity index (χ3n) is 4.03. The van der Waals surface area contributed by atoms with E-state index in [0.29, 0.717) is 30.4 Å². The zero-order valence-corrected chi connectivity index (χ0v) is 16.5. The normalized spacial score (nSPS) is 11.0. The highest BCUT2D eigenvalue weighted by molar-refractivity contribution is 7.92. The summed E-state index contributed by atoms with van der Waals surface area (Å²) in [6, 6.07) is 23.3. The molecule has 3 aromatic carbocycles. The number of sulfonamides is 1. The van der Waals surface area contributed by atoms with Gasteiger partial charge < -0.3 is 9.47 Å². The summed E-state index contributed by atoms with van der Waals surface area (Å²) >= 11 is 0. The molecule has 0 aliphatic carbocycles. The average molecular weight is 397 g/mol. The minimum Gasteiger partial charge on any atom is -0.494 e. The molecule has 0 aromatic heterocycles. The molecule has 0 aliphatic heterocycles. The van der Waals surface area contributed by atoms with Gasteiger partial charge in [-0.25, -0.2) is 8.42 Å². The number of nitrogens with one attached hydrogen (secondary N) is 1. The van der Waals surface area contributed by atoms with Gasteiger partial charge in [0.05, 0.1) is 23.8 Å². The second kappa shape index (κ2) is 9.28. The Labute approximate surface area is 166 Å². The maximum Gasteiger partial charge on any atom is 0.261 e. The summed E-state index contributed by atoms with van der Waals surface area (Å²) in [5, 5.41) is 0. The largest absolute Gasteiger partial charge is 0.494 e. The summed E-state index contributed by atoms with van der Waals surface area (Å²) in [5.74, 6) is 1.25. The lowest BCUT2D eigenvalue weighted by molar-refractivity contribution is 0.322. The van der Waals surface area contributed by atoms with E-state index in [-0.39, 0.29) is 4.90 Å². The first kappa shape index (κ1) is 19.8. The first-order chi connectivity index (χ1) is 13.6. The van der Waals surface area contributed by atoms with Gasteiger partial charge in [-0.15, -0.1) is 0 Å². The van der Waals surface area contributed by atoms with E-state index in [2.05, 4.69) is 4.72 Å². The number of anilines is 1. The van der Waals surface area contributed by atoms with Crippen molar-refractivity contribution in [3.8, 4) is 11.5 Å². The summed E-state index contributed by atoms with van der Waals surface area (Å²) in [5.41, 5.74) is 1.64. The zero-order chi connectivity index (χ0) is 19.8. The molecule has 5 nitrogen and oxygen atoms in total. The predicted octanol–water partition coefficient (Wildman–Crippen LogP) is 4.51. The zero-order valence-electron chi connectivity index (χ0n) is 15.7. The molecular formula is C22H23NO4S. The van der Waals surface area contributed by atoms with Crippen molar-refractivity contribution in [3.05, 3.63) is 84.4 Å². The quantitative estimate of drug-likeness (QED) is 0.577. The third kappa shape index (κ3) is 5.50. The van der Waals surface area contributed by atoms with Crippen molar-refractivity contribution < 1.29 is 17.9 Å². The number of benzene rings is 3. The predicted molar refractivity (Wildman–Crippen MR) is 111 cm³/mol. The molecule has 3 aromatic rings. The fraction of sp³-hybridized carbons (Fsp3) is 0.182. The van der Waals surface area contributed by atoms with Gasteiger partial charge in [0.2, 0.25) is 0 Å². The Balaban J connectivity index is 1.62. The fourth-order valence-electron chi connectivity index (χ4n) is 2.68. The standard InChI is InChI=1S/C22H23NO4S/c1-2-26-20-11-13-22(14-12-20)28(24,25)23-19-9-6-10-21(17-19)27-16-15-18-7-4-3-5-8-18/h3-14,17,23H,2,15-16H2,1H3. The molecule has 0 fully saturated rings. The average Bonchev–Trinajstić information content (AvgIpc) is 2.69. The highest BCUT2D eigenvalue weighted by atomic mass is 32.2. The second-order valence-electron chi connectivity index (χ2n) is 6.12. The van der Waals surface area contributed by atoms with E-state index in [1.54, 1.807) is 36.4 Å². The Hall–Kier alpha value is -2.99. The van der Waals surface area contributed by atoms with Gasteiger partial charge in [0.25, 0.3) is 10.0 Å². The molecule has 0 spiro atoms. The molecule has 0 atom stereocenters. The number of hydrogen-bond donors (Lipinski definition) is 1. The Bertz CT molecular complexity index is 987. The number of rotatable bonds is 9. The van der Waals surface area contributed by atoms with Crippen LogP contribution >= 0.6 is 0 Å². The van der Waals surface area contributed by atoms with Crippen LogP contribution in [-0.2, 0) is 16.4 Å². The highest BCUT2D eigenvalue weighted by Gasteiger charge is 2.14. The Morgan fingerprint density at radius 1 is 0.821 bits per heavy atom. The van der Waals surface area contributed by atoms with Crippen molar-refractivity contribution in [3.63, 3.8) is 0 Å². The molecule has 0 saturated heterocycles. The van der Waals surface area contributed by atoms with Gasteiger partial charge in [-0.2, -0.15) is 0 Å². The molecule has 0 unspecified atom stereocenters. The lowest BCUT2D eigenvalue weighted by Crippen LogP contribution is -2.13. The van der Waals surface area contributed by atoms with Gasteiger partial charge in [0.15, 0.2) is 0 Å². The highest BCUT2D eigenvalue weighted by Crippen LogP contribution is 2.22. The van der Waals surface area contributed by atoms with Crippen LogP contribution in [0.5, 0.6) is 11.5 Å². The molecule has 0 bridgehead atoms. The summed E-state index contributed by atoms with van der Waals surface area (Å²) < 4.78 is 38.9. The molecule has 0 amide bonds. The minimum absolute atomic E-state index is 0.173. The Morgan fingerprint density at radius 3 is 2.29 bits per heavy atom. The van der Waals surface area contributed by atoms with Gasteiger partial charge in [-0.05, 0) is 48.9 Å². The second-order valence-corrected chi connectivity index (χ2v) is 7.80. The Kier molecular flexibility index (Phi) is 6.55. The van der Waals surface area contributed by atoms with Crippen LogP contribution in [0.1, 0.15) is 12.5 Å². The van der Waals surface area contributed by atoms with E-state index in [4.69, 9.17) is 9.47 Å². The molecule has 1 N–H and O–H groups in total. The molecule has 0 heterocycles. The van der Waals surface area contributed by atoms with Gasteiger partial charge in [0, 0.05) is 12.5 Å². The molecule has 0 aliphatic rings. The Morgan fingerprint density at radius 2 is 1.57 bits per heavy atom. The summed E-state index contributed by atoms with van der Waals surface area (Å²) in [4.78, 5) is 0.173. The van der Waals surface area contributed by atoms with Gasteiger partial charge in [-0.1, -0.05) is 36.4 Å². The fourth-order valence-corrected chi connectivity index (χ4v) is 3.73. The maximum atomic E-state index is 12.6. The van der Waals surface area contributed by atoms with E-state index >= 15 is 0 Å². The van der Waals surface area contributed by atoms with Gasteiger partial charge in [-0.3, -0.25) is 4.72 Å². The van der Waals surface area contributed by atoms with Crippen LogP contribution in [0, 0.1) is 0 Å². The van der Waals surface area contributed by atoms with Crippen molar-refractivity contribution >= 4 is 15.7 Å². The third-order valence-corrected chi connectivity index (χ3v) is 5.43. The molecule has 0 saturated carbocycles. The van der Waals surface area contributed by atoms with Crippen molar-refractivity contribution in [2.75, 3.05) is 17.9 Å². The van der Waals surface area contributed by atoms with Crippen molar-refractivity contribution in [2.45, 2.75) is 18.2 Å². The maximum absolute atomic E-state index is 12.6.